The minimum atomic E-state index is -1.17. The minimum absolute atomic E-state index is 0.0865. The second kappa shape index (κ2) is 7.55. The molecule has 0 fully saturated rings. The van der Waals surface area contributed by atoms with Gasteiger partial charge in [-0.2, -0.15) is 0 Å². The van der Waals surface area contributed by atoms with E-state index in [0.717, 1.165) is 5.56 Å². The maximum absolute atomic E-state index is 12.2. The van der Waals surface area contributed by atoms with Crippen molar-refractivity contribution in [2.24, 2.45) is 0 Å². The zero-order valence-corrected chi connectivity index (χ0v) is 14.5. The molecule has 0 saturated carbocycles. The van der Waals surface area contributed by atoms with Crippen LogP contribution >= 0.6 is 23.2 Å². The SMILES string of the molecule is Cc1cc(Cl)ccc1O[C@H](C)C(=O)Nc1ccc(Cl)c(C(=O)O)c1. The number of ether oxygens (including phenoxy) is 1. The number of hydrogen-bond donors (Lipinski definition) is 2. The maximum Gasteiger partial charge on any atom is 0.337 e. The summed E-state index contributed by atoms with van der Waals surface area (Å²) in [4.78, 5) is 23.3. The molecule has 2 rings (SSSR count). The van der Waals surface area contributed by atoms with Crippen LogP contribution in [0.4, 0.5) is 5.69 Å². The van der Waals surface area contributed by atoms with Crippen molar-refractivity contribution in [2.75, 3.05) is 5.32 Å². The molecule has 0 heterocycles. The lowest BCUT2D eigenvalue weighted by atomic mass is 10.2. The van der Waals surface area contributed by atoms with Crippen molar-refractivity contribution in [3.05, 3.63) is 57.6 Å². The molecule has 0 aliphatic rings. The van der Waals surface area contributed by atoms with Crippen LogP contribution in [-0.2, 0) is 4.79 Å². The summed E-state index contributed by atoms with van der Waals surface area (Å²) in [5, 5.41) is 12.3. The number of aryl methyl sites for hydroxylation is 1. The van der Waals surface area contributed by atoms with Crippen LogP contribution in [0.1, 0.15) is 22.8 Å². The number of carboxylic acids is 1. The van der Waals surface area contributed by atoms with E-state index in [4.69, 9.17) is 33.0 Å². The number of rotatable bonds is 5. The van der Waals surface area contributed by atoms with Gasteiger partial charge >= 0.3 is 5.97 Å². The standard InChI is InChI=1S/C17H15Cl2NO4/c1-9-7-11(18)3-6-15(9)24-10(2)16(21)20-12-4-5-14(19)13(8-12)17(22)23/h3-8,10H,1-2H3,(H,20,21)(H,22,23)/t10-/m1/s1. The molecule has 2 aromatic rings. The first-order chi connectivity index (χ1) is 11.3. The molecule has 0 aliphatic carbocycles. The molecule has 0 aromatic heterocycles. The molecule has 2 N–H and O–H groups in total. The first-order valence-electron chi connectivity index (χ1n) is 7.04. The van der Waals surface area contributed by atoms with Gasteiger partial charge in [0, 0.05) is 10.7 Å². The van der Waals surface area contributed by atoms with Gasteiger partial charge in [-0.15, -0.1) is 0 Å². The number of carbonyl (C=O) groups is 2. The van der Waals surface area contributed by atoms with Crippen LogP contribution in [0.2, 0.25) is 10.0 Å². The van der Waals surface area contributed by atoms with Crippen molar-refractivity contribution in [1.29, 1.82) is 0 Å². The number of amides is 1. The van der Waals surface area contributed by atoms with Gasteiger partial charge in [0.2, 0.25) is 0 Å². The van der Waals surface area contributed by atoms with Crippen LogP contribution in [0, 0.1) is 6.92 Å². The molecule has 0 spiro atoms. The third kappa shape index (κ3) is 4.40. The molecule has 7 heteroatoms. The summed E-state index contributed by atoms with van der Waals surface area (Å²) in [6.07, 6.45) is -0.783. The van der Waals surface area contributed by atoms with Crippen LogP contribution < -0.4 is 10.1 Å². The van der Waals surface area contributed by atoms with Crippen molar-refractivity contribution in [3.8, 4) is 5.75 Å². The topological polar surface area (TPSA) is 75.6 Å². The average molecular weight is 368 g/mol. The Labute approximate surface area is 149 Å². The molecule has 1 amide bonds. The van der Waals surface area contributed by atoms with E-state index < -0.39 is 18.0 Å². The van der Waals surface area contributed by atoms with Gasteiger partial charge in [-0.05, 0) is 55.8 Å². The Morgan fingerprint density at radius 2 is 1.88 bits per heavy atom. The quantitative estimate of drug-likeness (QED) is 0.820. The average Bonchev–Trinajstić information content (AvgIpc) is 2.51. The third-order valence-electron chi connectivity index (χ3n) is 3.27. The summed E-state index contributed by atoms with van der Waals surface area (Å²) < 4.78 is 5.62. The van der Waals surface area contributed by atoms with E-state index in [2.05, 4.69) is 5.32 Å². The van der Waals surface area contributed by atoms with Gasteiger partial charge in [0.1, 0.15) is 5.75 Å². The number of benzene rings is 2. The second-order valence-electron chi connectivity index (χ2n) is 5.16. The molecule has 0 aliphatic heterocycles. The van der Waals surface area contributed by atoms with Crippen molar-refractivity contribution in [2.45, 2.75) is 20.0 Å². The Morgan fingerprint density at radius 3 is 2.50 bits per heavy atom. The lowest BCUT2D eigenvalue weighted by Gasteiger charge is -2.16. The zero-order valence-electron chi connectivity index (χ0n) is 13.0. The highest BCUT2D eigenvalue weighted by atomic mass is 35.5. The molecule has 24 heavy (non-hydrogen) atoms. The first kappa shape index (κ1) is 18.1. The van der Waals surface area contributed by atoms with Gasteiger partial charge in [0.25, 0.3) is 5.91 Å². The number of halogens is 2. The van der Waals surface area contributed by atoms with Crippen molar-refractivity contribution >= 4 is 40.8 Å². The van der Waals surface area contributed by atoms with Gasteiger partial charge in [-0.3, -0.25) is 4.79 Å². The maximum atomic E-state index is 12.2. The molecule has 0 unspecified atom stereocenters. The lowest BCUT2D eigenvalue weighted by Crippen LogP contribution is -2.30. The molecule has 5 nitrogen and oxygen atoms in total. The number of hydrogen-bond acceptors (Lipinski definition) is 3. The Balaban J connectivity index is 2.09. The predicted molar refractivity (Wildman–Crippen MR) is 93.3 cm³/mol. The predicted octanol–water partition coefficient (Wildman–Crippen LogP) is 4.41. The van der Waals surface area contributed by atoms with Crippen molar-refractivity contribution in [3.63, 3.8) is 0 Å². The van der Waals surface area contributed by atoms with Crippen LogP contribution in [0.5, 0.6) is 5.75 Å². The van der Waals surface area contributed by atoms with E-state index in [1.54, 1.807) is 25.1 Å². The molecule has 126 valence electrons. The number of carbonyl (C=O) groups excluding carboxylic acids is 1. The molecule has 0 saturated heterocycles. The fourth-order valence-corrected chi connectivity index (χ4v) is 2.42. The summed E-state index contributed by atoms with van der Waals surface area (Å²) in [6.45, 7) is 3.42. The largest absolute Gasteiger partial charge is 0.481 e. The van der Waals surface area contributed by atoms with Gasteiger partial charge in [-0.25, -0.2) is 4.79 Å². The number of anilines is 1. The highest BCUT2D eigenvalue weighted by Crippen LogP contribution is 2.24. The summed E-state index contributed by atoms with van der Waals surface area (Å²) in [7, 11) is 0. The van der Waals surface area contributed by atoms with E-state index >= 15 is 0 Å². The Kier molecular flexibility index (Phi) is 5.70. The van der Waals surface area contributed by atoms with Crippen molar-refractivity contribution in [1.82, 2.24) is 0 Å². The molecule has 1 atom stereocenters. The van der Waals surface area contributed by atoms with Gasteiger partial charge in [-0.1, -0.05) is 23.2 Å². The highest BCUT2D eigenvalue weighted by molar-refractivity contribution is 6.33. The number of aromatic carboxylic acids is 1. The molecule has 2 aromatic carbocycles. The number of nitrogens with one attached hydrogen (secondary N) is 1. The van der Waals surface area contributed by atoms with Crippen LogP contribution in [-0.4, -0.2) is 23.1 Å². The Hall–Kier alpha value is -2.24. The molecular formula is C17H15Cl2NO4. The minimum Gasteiger partial charge on any atom is -0.481 e. The first-order valence-corrected chi connectivity index (χ1v) is 7.80. The van der Waals surface area contributed by atoms with Gasteiger partial charge in [0.15, 0.2) is 6.10 Å². The van der Waals surface area contributed by atoms with E-state index in [1.807, 2.05) is 6.92 Å². The van der Waals surface area contributed by atoms with Crippen LogP contribution in [0.15, 0.2) is 36.4 Å². The summed E-state index contributed by atoms with van der Waals surface area (Å²) >= 11 is 11.7. The molecule has 0 bridgehead atoms. The van der Waals surface area contributed by atoms with Crippen LogP contribution in [0.3, 0.4) is 0 Å². The zero-order chi connectivity index (χ0) is 17.9. The monoisotopic (exact) mass is 367 g/mol. The summed E-state index contributed by atoms with van der Waals surface area (Å²) in [5.74, 6) is -1.04. The smallest absolute Gasteiger partial charge is 0.337 e. The van der Waals surface area contributed by atoms with E-state index in [-0.39, 0.29) is 10.6 Å². The molecular weight excluding hydrogens is 353 g/mol. The molecule has 0 radical (unpaired) electrons. The van der Waals surface area contributed by atoms with Gasteiger partial charge in [0.05, 0.1) is 10.6 Å². The van der Waals surface area contributed by atoms with Gasteiger partial charge < -0.3 is 15.2 Å². The summed E-state index contributed by atoms with van der Waals surface area (Å²) in [5.41, 5.74) is 1.04. The summed E-state index contributed by atoms with van der Waals surface area (Å²) in [6, 6.07) is 9.32. The fourth-order valence-electron chi connectivity index (χ4n) is 2.00. The van der Waals surface area contributed by atoms with Crippen molar-refractivity contribution < 1.29 is 19.4 Å². The highest BCUT2D eigenvalue weighted by Gasteiger charge is 2.17. The van der Waals surface area contributed by atoms with E-state index in [9.17, 15) is 9.59 Å². The van der Waals surface area contributed by atoms with E-state index in [1.165, 1.54) is 18.2 Å². The lowest BCUT2D eigenvalue weighted by molar-refractivity contribution is -0.122. The number of carboxylic acid groups (broad SMARTS) is 1. The fraction of sp³-hybridized carbons (Fsp3) is 0.176. The Bertz CT molecular complexity index is 792. The third-order valence-corrected chi connectivity index (χ3v) is 3.84. The Morgan fingerprint density at radius 1 is 1.17 bits per heavy atom. The second-order valence-corrected chi connectivity index (χ2v) is 6.00. The van der Waals surface area contributed by atoms with Crippen LogP contribution in [0.25, 0.3) is 0 Å². The normalized spacial score (nSPS) is 11.7. The van der Waals surface area contributed by atoms with E-state index in [0.29, 0.717) is 16.5 Å².